The number of carbonyl (C=O) groups is 1. The number of hydrogen-bond donors (Lipinski definition) is 2. The zero-order valence-corrected chi connectivity index (χ0v) is 12.0. The summed E-state index contributed by atoms with van der Waals surface area (Å²) in [5.74, 6) is 0.0505. The van der Waals surface area contributed by atoms with Gasteiger partial charge in [-0.2, -0.15) is 11.8 Å². The van der Waals surface area contributed by atoms with Gasteiger partial charge in [-0.25, -0.2) is 0 Å². The molecule has 7 nitrogen and oxygen atoms in total. The van der Waals surface area contributed by atoms with Crippen molar-refractivity contribution in [3.05, 3.63) is 22.2 Å². The van der Waals surface area contributed by atoms with Crippen LogP contribution in [0.4, 0.5) is 17.1 Å². The standard InChI is InChI=1S/C12H15N3O4S/c1-7(20-2)5-13-8-3-9-11(4-10(8)15(17)18)19-6-12(16)14-9/h3-4,7,13H,5-6H2,1-2H3,(H,14,16). The van der Waals surface area contributed by atoms with Crippen molar-refractivity contribution >= 4 is 34.7 Å². The van der Waals surface area contributed by atoms with Crippen molar-refractivity contribution in [1.82, 2.24) is 0 Å². The van der Waals surface area contributed by atoms with Crippen molar-refractivity contribution in [2.24, 2.45) is 0 Å². The minimum atomic E-state index is -0.466. The van der Waals surface area contributed by atoms with Crippen LogP contribution >= 0.6 is 11.8 Å². The van der Waals surface area contributed by atoms with Gasteiger partial charge in [0, 0.05) is 11.8 Å². The van der Waals surface area contributed by atoms with E-state index in [1.807, 2.05) is 13.2 Å². The number of anilines is 2. The van der Waals surface area contributed by atoms with Gasteiger partial charge in [0.15, 0.2) is 12.4 Å². The lowest BCUT2D eigenvalue weighted by molar-refractivity contribution is -0.384. The van der Waals surface area contributed by atoms with Gasteiger partial charge in [0.2, 0.25) is 0 Å². The van der Waals surface area contributed by atoms with E-state index >= 15 is 0 Å². The SMILES string of the molecule is CSC(C)CNc1cc2c(cc1[N+](=O)[O-])OCC(=O)N2. The third-order valence-corrected chi connectivity index (χ3v) is 3.88. The molecule has 1 aromatic carbocycles. The van der Waals surface area contributed by atoms with Gasteiger partial charge in [-0.05, 0) is 12.3 Å². The van der Waals surface area contributed by atoms with Crippen LogP contribution < -0.4 is 15.4 Å². The maximum Gasteiger partial charge on any atom is 0.296 e. The molecule has 1 aromatic rings. The number of nitrogens with one attached hydrogen (secondary N) is 2. The molecule has 108 valence electrons. The van der Waals surface area contributed by atoms with Gasteiger partial charge in [0.05, 0.1) is 16.7 Å². The van der Waals surface area contributed by atoms with Crippen LogP contribution in [-0.4, -0.2) is 35.5 Å². The van der Waals surface area contributed by atoms with E-state index in [1.165, 1.54) is 12.1 Å². The second-order valence-electron chi connectivity index (χ2n) is 4.39. The Bertz CT molecular complexity index is 550. The summed E-state index contributed by atoms with van der Waals surface area (Å²) in [6, 6.07) is 2.87. The minimum Gasteiger partial charge on any atom is -0.481 e. The fourth-order valence-corrected chi connectivity index (χ4v) is 2.00. The first-order valence-corrected chi connectivity index (χ1v) is 7.31. The van der Waals surface area contributed by atoms with Crippen molar-refractivity contribution < 1.29 is 14.5 Å². The number of nitro benzene ring substituents is 1. The van der Waals surface area contributed by atoms with Crippen molar-refractivity contribution in [2.45, 2.75) is 12.2 Å². The molecular weight excluding hydrogens is 282 g/mol. The number of hydrogen-bond acceptors (Lipinski definition) is 6. The highest BCUT2D eigenvalue weighted by Crippen LogP contribution is 2.37. The van der Waals surface area contributed by atoms with Gasteiger partial charge in [0.25, 0.3) is 11.6 Å². The maximum atomic E-state index is 11.3. The fraction of sp³-hybridized carbons (Fsp3) is 0.417. The molecule has 0 aromatic heterocycles. The van der Waals surface area contributed by atoms with E-state index in [0.29, 0.717) is 28.9 Å². The van der Waals surface area contributed by atoms with Crippen molar-refractivity contribution in [3.8, 4) is 5.75 Å². The molecule has 20 heavy (non-hydrogen) atoms. The average molecular weight is 297 g/mol. The summed E-state index contributed by atoms with van der Waals surface area (Å²) in [6.45, 7) is 2.49. The van der Waals surface area contributed by atoms with Crippen LogP contribution in [0.15, 0.2) is 12.1 Å². The number of ether oxygens (including phenoxy) is 1. The minimum absolute atomic E-state index is 0.0618. The van der Waals surface area contributed by atoms with Gasteiger partial charge < -0.3 is 15.4 Å². The second kappa shape index (κ2) is 6.00. The Kier molecular flexibility index (Phi) is 4.33. The number of thioether (sulfide) groups is 1. The van der Waals surface area contributed by atoms with Gasteiger partial charge in [-0.15, -0.1) is 0 Å². The lowest BCUT2D eigenvalue weighted by Crippen LogP contribution is -2.25. The molecule has 1 atom stereocenters. The lowest BCUT2D eigenvalue weighted by atomic mass is 10.2. The molecule has 0 saturated carbocycles. The van der Waals surface area contributed by atoms with Crippen molar-refractivity contribution in [2.75, 3.05) is 30.0 Å². The van der Waals surface area contributed by atoms with Crippen LogP contribution in [-0.2, 0) is 4.79 Å². The highest BCUT2D eigenvalue weighted by Gasteiger charge is 2.23. The van der Waals surface area contributed by atoms with Crippen LogP contribution in [0.25, 0.3) is 0 Å². The molecule has 0 bridgehead atoms. The first-order valence-electron chi connectivity index (χ1n) is 6.03. The summed E-state index contributed by atoms with van der Waals surface area (Å²) >= 11 is 1.66. The Labute approximate surface area is 120 Å². The lowest BCUT2D eigenvalue weighted by Gasteiger charge is -2.19. The Morgan fingerprint density at radius 3 is 3.00 bits per heavy atom. The summed E-state index contributed by atoms with van der Waals surface area (Å²) in [4.78, 5) is 21.9. The van der Waals surface area contributed by atoms with E-state index < -0.39 is 4.92 Å². The molecule has 0 aliphatic carbocycles. The number of nitrogens with zero attached hydrogens (tertiary/aromatic N) is 1. The highest BCUT2D eigenvalue weighted by atomic mass is 32.2. The Morgan fingerprint density at radius 2 is 2.35 bits per heavy atom. The smallest absolute Gasteiger partial charge is 0.296 e. The zero-order chi connectivity index (χ0) is 14.7. The van der Waals surface area contributed by atoms with Crippen LogP contribution in [0.2, 0.25) is 0 Å². The Morgan fingerprint density at radius 1 is 1.60 bits per heavy atom. The quantitative estimate of drug-likeness (QED) is 0.638. The normalized spacial score (nSPS) is 14.8. The number of amides is 1. The van der Waals surface area contributed by atoms with E-state index in [-0.39, 0.29) is 18.2 Å². The number of fused-ring (bicyclic) bond motifs is 1. The first-order chi connectivity index (χ1) is 9.51. The van der Waals surface area contributed by atoms with Crippen LogP contribution in [0.3, 0.4) is 0 Å². The van der Waals surface area contributed by atoms with Crippen molar-refractivity contribution in [3.63, 3.8) is 0 Å². The fourth-order valence-electron chi connectivity index (χ4n) is 1.75. The van der Waals surface area contributed by atoms with Gasteiger partial charge in [-0.1, -0.05) is 6.92 Å². The molecule has 0 fully saturated rings. The number of carbonyl (C=O) groups excluding carboxylic acids is 1. The predicted octanol–water partition coefficient (Wildman–Crippen LogP) is 2.09. The van der Waals surface area contributed by atoms with Crippen LogP contribution in [0.5, 0.6) is 5.75 Å². The molecule has 1 unspecified atom stereocenters. The molecule has 8 heteroatoms. The molecule has 0 saturated heterocycles. The van der Waals surface area contributed by atoms with Gasteiger partial charge >= 0.3 is 0 Å². The molecule has 1 aliphatic rings. The summed E-state index contributed by atoms with van der Waals surface area (Å²) in [6.07, 6.45) is 1.97. The third kappa shape index (κ3) is 3.13. The number of rotatable bonds is 5. The third-order valence-electron chi connectivity index (χ3n) is 2.91. The molecule has 2 rings (SSSR count). The summed E-state index contributed by atoms with van der Waals surface area (Å²) in [5.41, 5.74) is 0.764. The van der Waals surface area contributed by atoms with E-state index in [4.69, 9.17) is 4.74 Å². The summed E-state index contributed by atoms with van der Waals surface area (Å²) in [7, 11) is 0. The largest absolute Gasteiger partial charge is 0.481 e. The van der Waals surface area contributed by atoms with E-state index in [1.54, 1.807) is 11.8 Å². The molecule has 1 amide bonds. The molecular formula is C12H15N3O4S. The highest BCUT2D eigenvalue weighted by molar-refractivity contribution is 7.99. The van der Waals surface area contributed by atoms with Crippen LogP contribution in [0.1, 0.15) is 6.92 Å². The maximum absolute atomic E-state index is 11.3. The predicted molar refractivity (Wildman–Crippen MR) is 78.7 cm³/mol. The molecule has 1 aliphatic heterocycles. The number of nitro groups is 1. The zero-order valence-electron chi connectivity index (χ0n) is 11.1. The molecule has 1 heterocycles. The summed E-state index contributed by atoms with van der Waals surface area (Å²) < 4.78 is 5.18. The Balaban J connectivity index is 2.30. The average Bonchev–Trinajstić information content (AvgIpc) is 2.43. The monoisotopic (exact) mass is 297 g/mol. The molecule has 0 radical (unpaired) electrons. The van der Waals surface area contributed by atoms with E-state index in [0.717, 1.165) is 0 Å². The Hall–Kier alpha value is -1.96. The summed E-state index contributed by atoms with van der Waals surface area (Å²) in [5, 5.41) is 17.1. The van der Waals surface area contributed by atoms with Gasteiger partial charge in [0.1, 0.15) is 5.69 Å². The van der Waals surface area contributed by atoms with Crippen LogP contribution in [0, 0.1) is 10.1 Å². The van der Waals surface area contributed by atoms with E-state index in [2.05, 4.69) is 10.6 Å². The van der Waals surface area contributed by atoms with Gasteiger partial charge in [-0.3, -0.25) is 14.9 Å². The molecule has 0 spiro atoms. The second-order valence-corrected chi connectivity index (χ2v) is 5.66. The van der Waals surface area contributed by atoms with Crippen molar-refractivity contribution in [1.29, 1.82) is 0 Å². The first kappa shape index (κ1) is 14.4. The molecule has 2 N–H and O–H groups in total. The number of benzene rings is 1. The van der Waals surface area contributed by atoms with E-state index in [9.17, 15) is 14.9 Å². The topological polar surface area (TPSA) is 93.5 Å².